The average Bonchev–Trinajstić information content (AvgIpc) is 2.80. The quantitative estimate of drug-likeness (QED) is 0.836. The lowest BCUT2D eigenvalue weighted by molar-refractivity contribution is 0.0392. The van der Waals surface area contributed by atoms with Crippen molar-refractivity contribution in [1.82, 2.24) is 0 Å². The molecule has 17 heavy (non-hydrogen) atoms. The van der Waals surface area contributed by atoms with Gasteiger partial charge in [-0.3, -0.25) is 0 Å². The van der Waals surface area contributed by atoms with Gasteiger partial charge in [-0.15, -0.1) is 0 Å². The molecule has 1 atom stereocenters. The van der Waals surface area contributed by atoms with Crippen LogP contribution in [0.1, 0.15) is 58.3 Å². The van der Waals surface area contributed by atoms with Crippen molar-refractivity contribution in [1.29, 1.82) is 0 Å². The fraction of sp³-hybridized carbons (Fsp3) is 0.733. The minimum Gasteiger partial charge on any atom is -0.467 e. The number of hydrogen-bond acceptors (Lipinski definition) is 2. The Labute approximate surface area is 104 Å². The van der Waals surface area contributed by atoms with E-state index in [1.807, 2.05) is 12.1 Å². The fourth-order valence-electron chi connectivity index (χ4n) is 2.99. The third-order valence-corrected chi connectivity index (χ3v) is 4.28. The molecule has 1 aromatic heterocycles. The summed E-state index contributed by atoms with van der Waals surface area (Å²) in [6.45, 7) is 6.96. The smallest absolute Gasteiger partial charge is 0.132 e. The molecule has 1 unspecified atom stereocenters. The van der Waals surface area contributed by atoms with Crippen molar-refractivity contribution in [2.45, 2.75) is 52.6 Å². The maximum atomic E-state index is 10.2. The van der Waals surface area contributed by atoms with Crippen LogP contribution in [0, 0.1) is 17.3 Å². The van der Waals surface area contributed by atoms with Crippen LogP contribution in [0.15, 0.2) is 22.8 Å². The van der Waals surface area contributed by atoms with E-state index in [2.05, 4.69) is 20.8 Å². The van der Waals surface area contributed by atoms with Crippen LogP contribution in [0.5, 0.6) is 0 Å². The minimum absolute atomic E-state index is 0.375. The molecular weight excluding hydrogens is 212 g/mol. The summed E-state index contributed by atoms with van der Waals surface area (Å²) in [7, 11) is 0. The van der Waals surface area contributed by atoms with Gasteiger partial charge in [0.1, 0.15) is 11.9 Å². The molecule has 0 amide bonds. The van der Waals surface area contributed by atoms with Crippen LogP contribution in [0.4, 0.5) is 0 Å². The van der Waals surface area contributed by atoms with Crippen LogP contribution in [0.3, 0.4) is 0 Å². The summed E-state index contributed by atoms with van der Waals surface area (Å²) in [5.41, 5.74) is 0.403. The number of aliphatic hydroxyl groups excluding tert-OH is 1. The normalized spacial score (nSPS) is 28.0. The zero-order valence-corrected chi connectivity index (χ0v) is 11.1. The van der Waals surface area contributed by atoms with Crippen LogP contribution in [-0.2, 0) is 0 Å². The first kappa shape index (κ1) is 12.7. The molecule has 0 saturated heterocycles. The van der Waals surface area contributed by atoms with Crippen LogP contribution in [-0.4, -0.2) is 5.11 Å². The number of furan rings is 1. The summed E-state index contributed by atoms with van der Waals surface area (Å²) in [5.74, 6) is 1.89. The molecule has 1 aromatic rings. The Morgan fingerprint density at radius 3 is 2.35 bits per heavy atom. The predicted molar refractivity (Wildman–Crippen MR) is 68.6 cm³/mol. The molecule has 1 aliphatic carbocycles. The second-order valence-corrected chi connectivity index (χ2v) is 6.44. The van der Waals surface area contributed by atoms with Crippen molar-refractivity contribution in [3.63, 3.8) is 0 Å². The Morgan fingerprint density at radius 2 is 1.88 bits per heavy atom. The van der Waals surface area contributed by atoms with Crippen molar-refractivity contribution in [2.24, 2.45) is 17.3 Å². The van der Waals surface area contributed by atoms with Gasteiger partial charge in [0.2, 0.25) is 0 Å². The first-order valence-electron chi connectivity index (χ1n) is 6.70. The molecule has 2 rings (SSSR count). The summed E-state index contributed by atoms with van der Waals surface area (Å²) >= 11 is 0. The second kappa shape index (κ2) is 4.85. The summed E-state index contributed by atoms with van der Waals surface area (Å²) < 4.78 is 5.29. The Hall–Kier alpha value is -0.760. The van der Waals surface area contributed by atoms with Gasteiger partial charge in [0.25, 0.3) is 0 Å². The van der Waals surface area contributed by atoms with Crippen molar-refractivity contribution < 1.29 is 9.52 Å². The monoisotopic (exact) mass is 236 g/mol. The molecule has 1 aliphatic rings. The summed E-state index contributed by atoms with van der Waals surface area (Å²) in [6, 6.07) is 3.72. The van der Waals surface area contributed by atoms with Gasteiger partial charge in [-0.25, -0.2) is 0 Å². The minimum atomic E-state index is -0.411. The third-order valence-electron chi connectivity index (χ3n) is 4.28. The molecule has 0 bridgehead atoms. The topological polar surface area (TPSA) is 33.4 Å². The van der Waals surface area contributed by atoms with Gasteiger partial charge in [0.05, 0.1) is 6.26 Å². The van der Waals surface area contributed by atoms with Crippen LogP contribution < -0.4 is 0 Å². The first-order chi connectivity index (χ1) is 7.98. The summed E-state index contributed by atoms with van der Waals surface area (Å²) in [5, 5.41) is 10.2. The van der Waals surface area contributed by atoms with Crippen LogP contribution >= 0.6 is 0 Å². The van der Waals surface area contributed by atoms with Crippen molar-refractivity contribution >= 4 is 0 Å². The first-order valence-corrected chi connectivity index (χ1v) is 6.70. The largest absolute Gasteiger partial charge is 0.467 e. The number of rotatable bonds is 2. The van der Waals surface area contributed by atoms with E-state index < -0.39 is 6.10 Å². The molecule has 1 fully saturated rings. The Balaban J connectivity index is 1.91. The molecule has 96 valence electrons. The lowest BCUT2D eigenvalue weighted by atomic mass is 9.69. The van der Waals surface area contributed by atoms with Gasteiger partial charge in [0.15, 0.2) is 0 Å². The molecule has 0 spiro atoms. The van der Waals surface area contributed by atoms with Crippen molar-refractivity contribution in [2.75, 3.05) is 0 Å². The molecule has 2 heteroatoms. The third kappa shape index (κ3) is 2.92. The van der Waals surface area contributed by atoms with Crippen LogP contribution in [0.2, 0.25) is 0 Å². The molecule has 2 nitrogen and oxygen atoms in total. The van der Waals surface area contributed by atoms with Crippen LogP contribution in [0.25, 0.3) is 0 Å². The lowest BCUT2D eigenvalue weighted by Gasteiger charge is -2.38. The van der Waals surface area contributed by atoms with Gasteiger partial charge in [-0.05, 0) is 55.1 Å². The van der Waals surface area contributed by atoms with Crippen molar-refractivity contribution in [3.8, 4) is 0 Å². The zero-order valence-electron chi connectivity index (χ0n) is 11.1. The van der Waals surface area contributed by atoms with E-state index in [-0.39, 0.29) is 0 Å². The number of aliphatic hydroxyl groups is 1. The SMILES string of the molecule is CC(C)(C)C1CCC(C(O)c2ccco2)CC1. The Kier molecular flexibility index (Phi) is 3.62. The number of hydrogen-bond donors (Lipinski definition) is 1. The Bertz CT molecular complexity index is 326. The second-order valence-electron chi connectivity index (χ2n) is 6.44. The van der Waals surface area contributed by atoms with Gasteiger partial charge in [-0.1, -0.05) is 20.8 Å². The van der Waals surface area contributed by atoms with E-state index in [4.69, 9.17) is 4.42 Å². The van der Waals surface area contributed by atoms with E-state index in [9.17, 15) is 5.11 Å². The van der Waals surface area contributed by atoms with E-state index in [1.54, 1.807) is 6.26 Å². The van der Waals surface area contributed by atoms with Crippen molar-refractivity contribution in [3.05, 3.63) is 24.2 Å². The molecule has 1 saturated carbocycles. The summed E-state index contributed by atoms with van der Waals surface area (Å²) in [6.07, 6.45) is 5.91. The molecule has 0 aliphatic heterocycles. The van der Waals surface area contributed by atoms with E-state index in [0.717, 1.165) is 24.5 Å². The molecule has 1 heterocycles. The standard InChI is InChI=1S/C15H24O2/c1-15(2,3)12-8-6-11(7-9-12)14(16)13-5-4-10-17-13/h4-5,10-12,14,16H,6-9H2,1-3H3. The van der Waals surface area contributed by atoms with Gasteiger partial charge < -0.3 is 9.52 Å². The van der Waals surface area contributed by atoms with Gasteiger partial charge in [0, 0.05) is 0 Å². The van der Waals surface area contributed by atoms with Gasteiger partial charge >= 0.3 is 0 Å². The highest BCUT2D eigenvalue weighted by atomic mass is 16.4. The van der Waals surface area contributed by atoms with E-state index in [1.165, 1.54) is 12.8 Å². The fourth-order valence-corrected chi connectivity index (χ4v) is 2.99. The maximum absolute atomic E-state index is 10.2. The maximum Gasteiger partial charge on any atom is 0.132 e. The highest BCUT2D eigenvalue weighted by Crippen LogP contribution is 2.43. The van der Waals surface area contributed by atoms with E-state index in [0.29, 0.717) is 11.3 Å². The molecule has 0 aromatic carbocycles. The predicted octanol–water partition coefficient (Wildman–Crippen LogP) is 4.17. The lowest BCUT2D eigenvalue weighted by Crippen LogP contribution is -2.28. The summed E-state index contributed by atoms with van der Waals surface area (Å²) in [4.78, 5) is 0. The van der Waals surface area contributed by atoms with E-state index >= 15 is 0 Å². The van der Waals surface area contributed by atoms with Gasteiger partial charge in [-0.2, -0.15) is 0 Å². The highest BCUT2D eigenvalue weighted by Gasteiger charge is 2.33. The highest BCUT2D eigenvalue weighted by molar-refractivity contribution is 5.03. The molecular formula is C15H24O2. The Morgan fingerprint density at radius 1 is 1.24 bits per heavy atom. The molecule has 1 N–H and O–H groups in total. The molecule has 0 radical (unpaired) electrons. The average molecular weight is 236 g/mol. The zero-order chi connectivity index (χ0) is 12.5.